The van der Waals surface area contributed by atoms with Gasteiger partial charge >= 0.3 is 5.97 Å². The molecule has 0 spiro atoms. The first-order valence-corrected chi connectivity index (χ1v) is 7.05. The van der Waals surface area contributed by atoms with Crippen LogP contribution < -0.4 is 0 Å². The van der Waals surface area contributed by atoms with Crippen molar-refractivity contribution in [1.29, 1.82) is 0 Å². The summed E-state index contributed by atoms with van der Waals surface area (Å²) in [7, 11) is 0. The van der Waals surface area contributed by atoms with Crippen LogP contribution in [0.3, 0.4) is 0 Å². The summed E-state index contributed by atoms with van der Waals surface area (Å²) in [6.45, 7) is 5.72. The fraction of sp³-hybridized carbons (Fsp3) is 0.278. The highest BCUT2D eigenvalue weighted by molar-refractivity contribution is 5.97. The first kappa shape index (κ1) is 16.0. The lowest BCUT2D eigenvalue weighted by Gasteiger charge is -2.26. The van der Waals surface area contributed by atoms with Crippen molar-refractivity contribution in [3.05, 3.63) is 53.6 Å². The number of carbonyl (C=O) groups is 1. The van der Waals surface area contributed by atoms with Gasteiger partial charge in [0.25, 0.3) is 0 Å². The molecule has 0 aliphatic carbocycles. The van der Waals surface area contributed by atoms with E-state index < -0.39 is 12.1 Å². The molecule has 0 bridgehead atoms. The van der Waals surface area contributed by atoms with Crippen LogP contribution in [-0.2, 0) is 0 Å². The molecular formula is C18H20O4. The van der Waals surface area contributed by atoms with Crippen molar-refractivity contribution in [3.8, 4) is 16.9 Å². The average Bonchev–Trinajstić information content (AvgIpc) is 2.45. The molecule has 116 valence electrons. The second kappa shape index (κ2) is 5.81. The van der Waals surface area contributed by atoms with Crippen molar-refractivity contribution < 1.29 is 20.1 Å². The number of aliphatic hydroxyl groups is 1. The molecule has 1 atom stereocenters. The largest absolute Gasteiger partial charge is 0.507 e. The van der Waals surface area contributed by atoms with Crippen LogP contribution in [-0.4, -0.2) is 21.3 Å². The predicted octanol–water partition coefficient (Wildman–Crippen LogP) is 3.84. The van der Waals surface area contributed by atoms with E-state index in [4.69, 9.17) is 0 Å². The van der Waals surface area contributed by atoms with E-state index in [0.717, 1.165) is 0 Å². The van der Waals surface area contributed by atoms with E-state index >= 15 is 0 Å². The first-order valence-electron chi connectivity index (χ1n) is 7.05. The highest BCUT2D eigenvalue weighted by atomic mass is 16.4. The summed E-state index contributed by atoms with van der Waals surface area (Å²) in [5.74, 6) is -1.07. The minimum Gasteiger partial charge on any atom is -0.507 e. The molecule has 0 aromatic heterocycles. The Morgan fingerprint density at radius 1 is 1.05 bits per heavy atom. The van der Waals surface area contributed by atoms with Gasteiger partial charge < -0.3 is 15.3 Å². The summed E-state index contributed by atoms with van der Waals surface area (Å²) in [6, 6.07) is 11.3. The van der Waals surface area contributed by atoms with E-state index in [1.165, 1.54) is 12.1 Å². The van der Waals surface area contributed by atoms with E-state index in [1.807, 2.05) is 20.8 Å². The summed E-state index contributed by atoms with van der Waals surface area (Å²) in [5, 5.41) is 29.8. The maximum absolute atomic E-state index is 11.4. The Labute approximate surface area is 129 Å². The van der Waals surface area contributed by atoms with Crippen LogP contribution >= 0.6 is 0 Å². The molecule has 1 unspecified atom stereocenters. The monoisotopic (exact) mass is 300 g/mol. The third kappa shape index (κ3) is 3.12. The molecular weight excluding hydrogens is 280 g/mol. The molecule has 0 saturated heterocycles. The standard InChI is InChI=1S/C18H20O4/c1-18(2,3)16(20)11-8-9-13(17(21)22)14(10-11)12-6-4-5-7-15(12)19/h4-10,16,19-20H,1-3H3,(H,21,22). The van der Waals surface area contributed by atoms with Gasteiger partial charge in [-0.1, -0.05) is 45.0 Å². The SMILES string of the molecule is CC(C)(C)C(O)c1ccc(C(=O)O)c(-c2ccccc2O)c1. The molecule has 0 heterocycles. The van der Waals surface area contributed by atoms with Crippen molar-refractivity contribution in [2.24, 2.45) is 5.41 Å². The Balaban J connectivity index is 2.65. The van der Waals surface area contributed by atoms with Crippen molar-refractivity contribution >= 4 is 5.97 Å². The Bertz CT molecular complexity index is 698. The van der Waals surface area contributed by atoms with Crippen molar-refractivity contribution in [1.82, 2.24) is 0 Å². The molecule has 0 fully saturated rings. The number of rotatable bonds is 3. The fourth-order valence-corrected chi connectivity index (χ4v) is 2.34. The highest BCUT2D eigenvalue weighted by Crippen LogP contribution is 2.37. The average molecular weight is 300 g/mol. The number of phenols is 1. The van der Waals surface area contributed by atoms with Crippen LogP contribution in [0.2, 0.25) is 0 Å². The zero-order chi connectivity index (χ0) is 16.5. The molecule has 0 aliphatic heterocycles. The predicted molar refractivity (Wildman–Crippen MR) is 84.9 cm³/mol. The summed E-state index contributed by atoms with van der Waals surface area (Å²) in [4.78, 5) is 11.4. The Morgan fingerprint density at radius 2 is 1.68 bits per heavy atom. The minimum absolute atomic E-state index is 0.00685. The zero-order valence-electron chi connectivity index (χ0n) is 12.9. The van der Waals surface area contributed by atoms with E-state index in [-0.39, 0.29) is 16.7 Å². The quantitative estimate of drug-likeness (QED) is 0.805. The smallest absolute Gasteiger partial charge is 0.336 e. The van der Waals surface area contributed by atoms with Gasteiger partial charge in [0.1, 0.15) is 5.75 Å². The lowest BCUT2D eigenvalue weighted by atomic mass is 9.83. The van der Waals surface area contributed by atoms with Gasteiger partial charge in [-0.15, -0.1) is 0 Å². The molecule has 4 nitrogen and oxygen atoms in total. The van der Waals surface area contributed by atoms with E-state index in [9.17, 15) is 20.1 Å². The second-order valence-corrected chi connectivity index (χ2v) is 6.40. The molecule has 0 amide bonds. The molecule has 0 aliphatic rings. The summed E-state index contributed by atoms with van der Waals surface area (Å²) in [5.41, 5.74) is 1.16. The lowest BCUT2D eigenvalue weighted by Crippen LogP contribution is -2.18. The van der Waals surface area contributed by atoms with Crippen molar-refractivity contribution in [2.75, 3.05) is 0 Å². The second-order valence-electron chi connectivity index (χ2n) is 6.40. The minimum atomic E-state index is -1.07. The number of hydrogen-bond acceptors (Lipinski definition) is 3. The number of aromatic hydroxyl groups is 1. The molecule has 22 heavy (non-hydrogen) atoms. The molecule has 4 heteroatoms. The molecule has 0 radical (unpaired) electrons. The maximum atomic E-state index is 11.4. The number of aliphatic hydroxyl groups excluding tert-OH is 1. The van der Waals surface area contributed by atoms with Gasteiger partial charge in [-0.3, -0.25) is 0 Å². The molecule has 2 aromatic rings. The third-order valence-corrected chi connectivity index (χ3v) is 3.60. The Morgan fingerprint density at radius 3 is 2.23 bits per heavy atom. The van der Waals surface area contributed by atoms with Crippen LogP contribution in [0.25, 0.3) is 11.1 Å². The number of carboxylic acids is 1. The number of para-hydroxylation sites is 1. The lowest BCUT2D eigenvalue weighted by molar-refractivity contribution is 0.0625. The van der Waals surface area contributed by atoms with Gasteiger partial charge in [0.2, 0.25) is 0 Å². The van der Waals surface area contributed by atoms with Gasteiger partial charge in [0.05, 0.1) is 11.7 Å². The topological polar surface area (TPSA) is 77.8 Å². The van der Waals surface area contributed by atoms with Gasteiger partial charge in [0, 0.05) is 11.1 Å². The number of benzene rings is 2. The Hall–Kier alpha value is -2.33. The van der Waals surface area contributed by atoms with E-state index in [1.54, 1.807) is 30.3 Å². The van der Waals surface area contributed by atoms with Crippen LogP contribution in [0.1, 0.15) is 42.8 Å². The zero-order valence-corrected chi connectivity index (χ0v) is 12.9. The molecule has 3 N–H and O–H groups in total. The molecule has 2 rings (SSSR count). The van der Waals surface area contributed by atoms with Crippen LogP contribution in [0.15, 0.2) is 42.5 Å². The van der Waals surface area contributed by atoms with Crippen LogP contribution in [0.4, 0.5) is 0 Å². The van der Waals surface area contributed by atoms with Gasteiger partial charge in [-0.25, -0.2) is 4.79 Å². The first-order chi connectivity index (χ1) is 10.2. The summed E-state index contributed by atoms with van der Waals surface area (Å²) < 4.78 is 0. The number of phenolic OH excluding ortho intramolecular Hbond substituents is 1. The van der Waals surface area contributed by atoms with Crippen molar-refractivity contribution in [3.63, 3.8) is 0 Å². The number of carboxylic acid groups (broad SMARTS) is 1. The maximum Gasteiger partial charge on any atom is 0.336 e. The van der Waals surface area contributed by atoms with Gasteiger partial charge in [0.15, 0.2) is 0 Å². The number of hydrogen-bond donors (Lipinski definition) is 3. The van der Waals surface area contributed by atoms with Crippen LogP contribution in [0, 0.1) is 5.41 Å². The van der Waals surface area contributed by atoms with Crippen molar-refractivity contribution in [2.45, 2.75) is 26.9 Å². The summed E-state index contributed by atoms with van der Waals surface area (Å²) >= 11 is 0. The molecule has 0 saturated carbocycles. The molecule has 2 aromatic carbocycles. The van der Waals surface area contributed by atoms with Crippen LogP contribution in [0.5, 0.6) is 5.75 Å². The van der Waals surface area contributed by atoms with Gasteiger partial charge in [-0.2, -0.15) is 0 Å². The van der Waals surface area contributed by atoms with E-state index in [0.29, 0.717) is 16.7 Å². The summed E-state index contributed by atoms with van der Waals surface area (Å²) in [6.07, 6.45) is -0.736. The fourth-order valence-electron chi connectivity index (χ4n) is 2.34. The third-order valence-electron chi connectivity index (χ3n) is 3.60. The number of aromatic carboxylic acids is 1. The normalized spacial score (nSPS) is 12.9. The van der Waals surface area contributed by atoms with E-state index in [2.05, 4.69) is 0 Å². The van der Waals surface area contributed by atoms with Gasteiger partial charge in [-0.05, 0) is 29.2 Å². The Kier molecular flexibility index (Phi) is 4.24. The highest BCUT2D eigenvalue weighted by Gasteiger charge is 2.25.